The molecule has 1 aromatic carbocycles. The molecule has 6 nitrogen and oxygen atoms in total. The number of hydrogen-bond donors (Lipinski definition) is 2. The highest BCUT2D eigenvalue weighted by Crippen LogP contribution is 2.34. The molecule has 0 bridgehead atoms. The molecule has 2 N–H and O–H groups in total. The van der Waals surface area contributed by atoms with Crippen molar-refractivity contribution >= 4 is 40.5 Å². The average Bonchev–Trinajstić information content (AvgIpc) is 2.30. The van der Waals surface area contributed by atoms with Crippen molar-refractivity contribution in [2.24, 2.45) is 0 Å². The highest BCUT2D eigenvalue weighted by Gasteiger charge is 2.14. The fourth-order valence-electron chi connectivity index (χ4n) is 1.45. The summed E-state index contributed by atoms with van der Waals surface area (Å²) in [6.07, 6.45) is 1.27. The second-order valence-electron chi connectivity index (χ2n) is 3.82. The first-order chi connectivity index (χ1) is 8.91. The van der Waals surface area contributed by atoms with Crippen LogP contribution in [0.5, 0.6) is 0 Å². The molecule has 0 spiro atoms. The minimum Gasteiger partial charge on any atom is -0.481 e. The van der Waals surface area contributed by atoms with Gasteiger partial charge in [-0.05, 0) is 12.8 Å². The van der Waals surface area contributed by atoms with E-state index in [0.717, 1.165) is 0 Å². The third-order valence-electron chi connectivity index (χ3n) is 2.36. The Hall–Kier alpha value is -1.53. The van der Waals surface area contributed by atoms with Crippen LogP contribution in [-0.4, -0.2) is 22.5 Å². The first-order valence-corrected chi connectivity index (χ1v) is 6.26. The standard InChI is InChI=1S/C11H12Cl2N2O4/c12-8-5-7(15(18)19)6-9(13)11(8)14-4-2-1-3-10(16)17/h5-6,14H,1-4H2,(H,16,17). The van der Waals surface area contributed by atoms with Gasteiger partial charge in [0.2, 0.25) is 0 Å². The fourth-order valence-corrected chi connectivity index (χ4v) is 2.06. The summed E-state index contributed by atoms with van der Waals surface area (Å²) in [5.41, 5.74) is 0.246. The van der Waals surface area contributed by atoms with Gasteiger partial charge in [0.1, 0.15) is 0 Å². The molecule has 0 fully saturated rings. The van der Waals surface area contributed by atoms with Crippen LogP contribution in [0.4, 0.5) is 11.4 Å². The molecule has 0 saturated heterocycles. The maximum absolute atomic E-state index is 10.6. The number of aliphatic carboxylic acids is 1. The number of halogens is 2. The maximum Gasteiger partial charge on any atom is 0.303 e. The minimum atomic E-state index is -0.841. The Morgan fingerprint density at radius 2 is 1.89 bits per heavy atom. The summed E-state index contributed by atoms with van der Waals surface area (Å²) < 4.78 is 0. The van der Waals surface area contributed by atoms with Gasteiger partial charge in [0.05, 0.1) is 20.7 Å². The molecule has 8 heteroatoms. The Labute approximate surface area is 119 Å². The predicted molar refractivity (Wildman–Crippen MR) is 73.1 cm³/mol. The van der Waals surface area contributed by atoms with Crippen LogP contribution in [0, 0.1) is 10.1 Å². The zero-order valence-corrected chi connectivity index (χ0v) is 11.4. The molecule has 0 heterocycles. The van der Waals surface area contributed by atoms with E-state index in [1.807, 2.05) is 0 Å². The van der Waals surface area contributed by atoms with Gasteiger partial charge in [-0.3, -0.25) is 14.9 Å². The number of carboxylic acid groups (broad SMARTS) is 1. The van der Waals surface area contributed by atoms with Gasteiger partial charge in [0.25, 0.3) is 5.69 Å². The smallest absolute Gasteiger partial charge is 0.303 e. The molecule has 19 heavy (non-hydrogen) atoms. The topological polar surface area (TPSA) is 92.5 Å². The summed E-state index contributed by atoms with van der Waals surface area (Å²) in [6.45, 7) is 0.491. The zero-order chi connectivity index (χ0) is 14.4. The van der Waals surface area contributed by atoms with Gasteiger partial charge >= 0.3 is 5.97 Å². The Morgan fingerprint density at radius 1 is 1.32 bits per heavy atom. The molecule has 1 aromatic rings. The molecule has 0 aliphatic carbocycles. The molecule has 0 atom stereocenters. The number of carboxylic acids is 1. The lowest BCUT2D eigenvalue weighted by atomic mass is 10.2. The van der Waals surface area contributed by atoms with Gasteiger partial charge in [-0.15, -0.1) is 0 Å². The van der Waals surface area contributed by atoms with E-state index in [4.69, 9.17) is 28.3 Å². The summed E-state index contributed by atoms with van der Waals surface area (Å²) in [7, 11) is 0. The van der Waals surface area contributed by atoms with Crippen molar-refractivity contribution in [1.82, 2.24) is 0 Å². The van der Waals surface area contributed by atoms with Gasteiger partial charge in [-0.1, -0.05) is 23.2 Å². The average molecular weight is 307 g/mol. The molecule has 0 aromatic heterocycles. The molecule has 1 rings (SSSR count). The SMILES string of the molecule is O=C(O)CCCCNc1c(Cl)cc([N+](=O)[O-])cc1Cl. The van der Waals surface area contributed by atoms with Crippen LogP contribution in [-0.2, 0) is 4.79 Å². The number of nitro benzene ring substituents is 1. The van der Waals surface area contributed by atoms with E-state index in [2.05, 4.69) is 5.32 Å². The first-order valence-electron chi connectivity index (χ1n) is 5.51. The molecule has 0 amide bonds. The van der Waals surface area contributed by atoms with Crippen molar-refractivity contribution < 1.29 is 14.8 Å². The molecule has 104 valence electrons. The van der Waals surface area contributed by atoms with Crippen molar-refractivity contribution in [2.45, 2.75) is 19.3 Å². The molecule has 0 radical (unpaired) electrons. The number of carbonyl (C=O) groups is 1. The van der Waals surface area contributed by atoms with E-state index in [1.54, 1.807) is 0 Å². The quantitative estimate of drug-likeness (QED) is 0.456. The molecular weight excluding hydrogens is 295 g/mol. The van der Waals surface area contributed by atoms with Crippen molar-refractivity contribution in [3.8, 4) is 0 Å². The highest BCUT2D eigenvalue weighted by molar-refractivity contribution is 6.39. The van der Waals surface area contributed by atoms with Crippen molar-refractivity contribution in [1.29, 1.82) is 0 Å². The number of nitro groups is 1. The van der Waals surface area contributed by atoms with Crippen LogP contribution in [0.3, 0.4) is 0 Å². The largest absolute Gasteiger partial charge is 0.481 e. The lowest BCUT2D eigenvalue weighted by molar-refractivity contribution is -0.384. The van der Waals surface area contributed by atoms with Crippen LogP contribution in [0.2, 0.25) is 10.0 Å². The molecule has 0 unspecified atom stereocenters. The molecule has 0 aliphatic heterocycles. The molecular formula is C11H12Cl2N2O4. The van der Waals surface area contributed by atoms with Crippen molar-refractivity contribution in [3.63, 3.8) is 0 Å². The number of hydrogen-bond acceptors (Lipinski definition) is 4. The number of nitrogens with zero attached hydrogens (tertiary/aromatic N) is 1. The molecule has 0 aliphatic rings. The number of rotatable bonds is 7. The third kappa shape index (κ3) is 4.92. The van der Waals surface area contributed by atoms with E-state index >= 15 is 0 Å². The van der Waals surface area contributed by atoms with Crippen LogP contribution in [0.1, 0.15) is 19.3 Å². The Kier molecular flexibility index (Phi) is 5.85. The zero-order valence-electron chi connectivity index (χ0n) is 9.86. The van der Waals surface area contributed by atoms with Crippen LogP contribution in [0.15, 0.2) is 12.1 Å². The Morgan fingerprint density at radius 3 is 2.37 bits per heavy atom. The van der Waals surface area contributed by atoms with E-state index in [1.165, 1.54) is 12.1 Å². The maximum atomic E-state index is 10.6. The molecule has 0 saturated carbocycles. The van der Waals surface area contributed by atoms with Gasteiger partial charge < -0.3 is 10.4 Å². The highest BCUT2D eigenvalue weighted by atomic mass is 35.5. The Balaban J connectivity index is 2.59. The third-order valence-corrected chi connectivity index (χ3v) is 2.95. The van der Waals surface area contributed by atoms with E-state index in [-0.39, 0.29) is 22.2 Å². The summed E-state index contributed by atoms with van der Waals surface area (Å²) in [6, 6.07) is 2.43. The number of nitrogens with one attached hydrogen (secondary N) is 1. The van der Waals surface area contributed by atoms with Gasteiger partial charge in [0, 0.05) is 25.1 Å². The predicted octanol–water partition coefficient (Wildman–Crippen LogP) is 3.57. The summed E-state index contributed by atoms with van der Waals surface area (Å²) in [4.78, 5) is 20.3. The minimum absolute atomic E-state index is 0.101. The number of unbranched alkanes of at least 4 members (excludes halogenated alkanes) is 1. The summed E-state index contributed by atoms with van der Waals surface area (Å²) in [5, 5.41) is 22.3. The van der Waals surface area contributed by atoms with Gasteiger partial charge in [-0.2, -0.15) is 0 Å². The van der Waals surface area contributed by atoms with Gasteiger partial charge in [0.15, 0.2) is 0 Å². The second kappa shape index (κ2) is 7.16. The lowest BCUT2D eigenvalue weighted by Gasteiger charge is -2.09. The number of anilines is 1. The van der Waals surface area contributed by atoms with Gasteiger partial charge in [-0.25, -0.2) is 0 Å². The monoisotopic (exact) mass is 306 g/mol. The fraction of sp³-hybridized carbons (Fsp3) is 0.364. The van der Waals surface area contributed by atoms with E-state index < -0.39 is 10.9 Å². The normalized spacial score (nSPS) is 10.2. The second-order valence-corrected chi connectivity index (χ2v) is 4.63. The van der Waals surface area contributed by atoms with Crippen LogP contribution >= 0.6 is 23.2 Å². The lowest BCUT2D eigenvalue weighted by Crippen LogP contribution is -2.04. The van der Waals surface area contributed by atoms with Crippen LogP contribution in [0.25, 0.3) is 0 Å². The Bertz CT molecular complexity index is 471. The van der Waals surface area contributed by atoms with E-state index in [9.17, 15) is 14.9 Å². The van der Waals surface area contributed by atoms with Crippen LogP contribution < -0.4 is 5.32 Å². The summed E-state index contributed by atoms with van der Waals surface area (Å²) >= 11 is 11.8. The number of benzene rings is 1. The first kappa shape index (κ1) is 15.5. The van der Waals surface area contributed by atoms with Crippen molar-refractivity contribution in [3.05, 3.63) is 32.3 Å². The number of non-ortho nitro benzene ring substituents is 1. The van der Waals surface area contributed by atoms with E-state index in [0.29, 0.717) is 25.1 Å². The van der Waals surface area contributed by atoms with Crippen molar-refractivity contribution in [2.75, 3.05) is 11.9 Å². The summed E-state index contributed by atoms with van der Waals surface area (Å²) in [5.74, 6) is -0.841.